The van der Waals surface area contributed by atoms with Crippen molar-refractivity contribution in [3.05, 3.63) is 88.0 Å². The summed E-state index contributed by atoms with van der Waals surface area (Å²) in [6.45, 7) is 10.5. The van der Waals surface area contributed by atoms with Crippen molar-refractivity contribution in [3.8, 4) is 11.5 Å². The predicted molar refractivity (Wildman–Crippen MR) is 120 cm³/mol. The van der Waals surface area contributed by atoms with Gasteiger partial charge in [0.2, 0.25) is 0 Å². The Hall–Kier alpha value is -2.74. The Kier molecular flexibility index (Phi) is 7.69. The minimum Gasteiger partial charge on any atom is -0.508 e. The summed E-state index contributed by atoms with van der Waals surface area (Å²) in [5.41, 5.74) is 6.69. The number of benzene rings is 2. The first-order chi connectivity index (χ1) is 13.3. The lowest BCUT2D eigenvalue weighted by atomic mass is 9.92. The van der Waals surface area contributed by atoms with Crippen LogP contribution in [-0.2, 0) is 12.8 Å². The SMILES string of the molecule is CC(C)=CCc1cc(C(C)/C=C/c2ccc(O)cc2)cc(CC=C(C)C)c1O. The highest BCUT2D eigenvalue weighted by atomic mass is 16.3. The molecule has 2 nitrogen and oxygen atoms in total. The van der Waals surface area contributed by atoms with Crippen molar-refractivity contribution in [2.24, 2.45) is 0 Å². The molecular weight excluding hydrogens is 344 g/mol. The summed E-state index contributed by atoms with van der Waals surface area (Å²) in [5, 5.41) is 20.2. The van der Waals surface area contributed by atoms with Crippen molar-refractivity contribution in [3.63, 3.8) is 0 Å². The van der Waals surface area contributed by atoms with Crippen LogP contribution < -0.4 is 0 Å². The molecule has 2 N–H and O–H groups in total. The molecule has 2 rings (SSSR count). The van der Waals surface area contributed by atoms with E-state index in [1.807, 2.05) is 12.1 Å². The lowest BCUT2D eigenvalue weighted by Gasteiger charge is -2.15. The smallest absolute Gasteiger partial charge is 0.122 e. The monoisotopic (exact) mass is 376 g/mol. The van der Waals surface area contributed by atoms with E-state index in [9.17, 15) is 10.2 Å². The van der Waals surface area contributed by atoms with Crippen molar-refractivity contribution >= 4 is 6.08 Å². The van der Waals surface area contributed by atoms with Gasteiger partial charge in [-0.25, -0.2) is 0 Å². The van der Waals surface area contributed by atoms with Crippen molar-refractivity contribution < 1.29 is 10.2 Å². The molecule has 0 aliphatic rings. The van der Waals surface area contributed by atoms with Gasteiger partial charge >= 0.3 is 0 Å². The van der Waals surface area contributed by atoms with E-state index in [0.717, 1.165) is 29.5 Å². The van der Waals surface area contributed by atoms with Crippen LogP contribution in [0.4, 0.5) is 0 Å². The average Bonchev–Trinajstić information content (AvgIpc) is 2.65. The molecule has 0 saturated heterocycles. The van der Waals surface area contributed by atoms with Crippen LogP contribution in [0.25, 0.3) is 6.08 Å². The van der Waals surface area contributed by atoms with Crippen LogP contribution in [0.3, 0.4) is 0 Å². The molecule has 28 heavy (non-hydrogen) atoms. The lowest BCUT2D eigenvalue weighted by Crippen LogP contribution is -1.97. The topological polar surface area (TPSA) is 40.5 Å². The minimum atomic E-state index is 0.213. The molecule has 2 aromatic rings. The fourth-order valence-corrected chi connectivity index (χ4v) is 2.94. The fourth-order valence-electron chi connectivity index (χ4n) is 2.94. The first kappa shape index (κ1) is 21.6. The van der Waals surface area contributed by atoms with E-state index in [2.05, 4.69) is 71.1 Å². The molecule has 0 amide bonds. The molecular formula is C26H32O2. The zero-order valence-electron chi connectivity index (χ0n) is 17.7. The van der Waals surface area contributed by atoms with Gasteiger partial charge in [0.15, 0.2) is 0 Å². The average molecular weight is 377 g/mol. The number of aromatic hydroxyl groups is 2. The number of rotatable bonds is 7. The molecule has 0 fully saturated rings. The molecule has 0 radical (unpaired) electrons. The Morgan fingerprint density at radius 1 is 0.857 bits per heavy atom. The van der Waals surface area contributed by atoms with Crippen molar-refractivity contribution in [1.82, 2.24) is 0 Å². The molecule has 0 heterocycles. The summed E-state index contributed by atoms with van der Waals surface area (Å²) < 4.78 is 0. The van der Waals surface area contributed by atoms with Gasteiger partial charge in [-0.05, 0) is 80.8 Å². The third kappa shape index (κ3) is 6.45. The Balaban J connectivity index is 2.35. The van der Waals surface area contributed by atoms with E-state index in [1.54, 1.807) is 12.1 Å². The molecule has 2 aromatic carbocycles. The highest BCUT2D eigenvalue weighted by Crippen LogP contribution is 2.31. The summed E-state index contributed by atoms with van der Waals surface area (Å²) >= 11 is 0. The summed E-state index contributed by atoms with van der Waals surface area (Å²) in [6, 6.07) is 11.4. The van der Waals surface area contributed by atoms with E-state index in [4.69, 9.17) is 0 Å². The zero-order chi connectivity index (χ0) is 20.7. The molecule has 2 heteroatoms. The molecule has 0 saturated carbocycles. The fraction of sp³-hybridized carbons (Fsp3) is 0.308. The van der Waals surface area contributed by atoms with Gasteiger partial charge in [0, 0.05) is 0 Å². The Labute approximate surface area is 169 Å². The molecule has 148 valence electrons. The van der Waals surface area contributed by atoms with E-state index in [-0.39, 0.29) is 11.7 Å². The van der Waals surface area contributed by atoms with Crippen LogP contribution in [0.15, 0.2) is 65.8 Å². The molecule has 0 aliphatic heterocycles. The molecule has 0 aliphatic carbocycles. The second kappa shape index (κ2) is 9.98. The molecule has 0 spiro atoms. The molecule has 1 unspecified atom stereocenters. The number of hydrogen-bond acceptors (Lipinski definition) is 2. The van der Waals surface area contributed by atoms with E-state index in [0.29, 0.717) is 5.75 Å². The van der Waals surface area contributed by atoms with Gasteiger partial charge in [-0.15, -0.1) is 0 Å². The second-order valence-corrected chi connectivity index (χ2v) is 7.90. The van der Waals surface area contributed by atoms with Crippen LogP contribution in [0.2, 0.25) is 0 Å². The van der Waals surface area contributed by atoms with Crippen LogP contribution in [-0.4, -0.2) is 10.2 Å². The van der Waals surface area contributed by atoms with Gasteiger partial charge in [-0.2, -0.15) is 0 Å². The van der Waals surface area contributed by atoms with Gasteiger partial charge in [-0.1, -0.05) is 66.6 Å². The first-order valence-electron chi connectivity index (χ1n) is 9.85. The Bertz CT molecular complexity index is 834. The van der Waals surface area contributed by atoms with Gasteiger partial charge in [0.1, 0.15) is 11.5 Å². The van der Waals surface area contributed by atoms with E-state index >= 15 is 0 Å². The quantitative estimate of drug-likeness (QED) is 0.514. The van der Waals surface area contributed by atoms with Crippen molar-refractivity contribution in [1.29, 1.82) is 0 Å². The summed E-state index contributed by atoms with van der Waals surface area (Å²) in [4.78, 5) is 0. The summed E-state index contributed by atoms with van der Waals surface area (Å²) in [5.74, 6) is 0.898. The predicted octanol–water partition coefficient (Wildman–Crippen LogP) is 6.93. The van der Waals surface area contributed by atoms with E-state index < -0.39 is 0 Å². The van der Waals surface area contributed by atoms with Gasteiger partial charge in [0.25, 0.3) is 0 Å². The highest BCUT2D eigenvalue weighted by Gasteiger charge is 2.12. The third-order valence-electron chi connectivity index (χ3n) is 4.75. The Morgan fingerprint density at radius 2 is 1.36 bits per heavy atom. The lowest BCUT2D eigenvalue weighted by molar-refractivity contribution is 0.463. The Morgan fingerprint density at radius 3 is 1.82 bits per heavy atom. The van der Waals surface area contributed by atoms with Crippen LogP contribution in [0.5, 0.6) is 11.5 Å². The minimum absolute atomic E-state index is 0.213. The second-order valence-electron chi connectivity index (χ2n) is 7.90. The highest BCUT2D eigenvalue weighted by molar-refractivity contribution is 5.53. The first-order valence-corrected chi connectivity index (χ1v) is 9.85. The standard InChI is InChI=1S/C26H32O2/c1-18(2)6-12-22-16-24(17-23(26(22)28)13-7-19(3)4)20(5)8-9-21-10-14-25(27)15-11-21/h6-11,14-17,20,27-28H,12-13H2,1-5H3/b9-8+. The van der Waals surface area contributed by atoms with Gasteiger partial charge in [0.05, 0.1) is 0 Å². The largest absolute Gasteiger partial charge is 0.508 e. The number of allylic oxidation sites excluding steroid dienone is 5. The summed E-state index contributed by atoms with van der Waals surface area (Å²) in [7, 11) is 0. The van der Waals surface area contributed by atoms with Crippen molar-refractivity contribution in [2.75, 3.05) is 0 Å². The van der Waals surface area contributed by atoms with Crippen LogP contribution >= 0.6 is 0 Å². The van der Waals surface area contributed by atoms with Crippen LogP contribution in [0, 0.1) is 0 Å². The number of hydrogen-bond donors (Lipinski definition) is 2. The number of phenols is 2. The van der Waals surface area contributed by atoms with Crippen molar-refractivity contribution in [2.45, 2.75) is 53.4 Å². The van der Waals surface area contributed by atoms with Crippen LogP contribution in [0.1, 0.15) is 62.8 Å². The van der Waals surface area contributed by atoms with Gasteiger partial charge < -0.3 is 10.2 Å². The maximum absolute atomic E-state index is 10.8. The number of phenolic OH excluding ortho intramolecular Hbond substituents is 2. The third-order valence-corrected chi connectivity index (χ3v) is 4.75. The maximum atomic E-state index is 10.8. The zero-order valence-corrected chi connectivity index (χ0v) is 17.7. The molecule has 1 atom stereocenters. The van der Waals surface area contributed by atoms with E-state index in [1.165, 1.54) is 16.7 Å². The molecule has 0 aromatic heterocycles. The maximum Gasteiger partial charge on any atom is 0.122 e. The molecule has 0 bridgehead atoms. The summed E-state index contributed by atoms with van der Waals surface area (Å²) in [6.07, 6.45) is 10.0. The normalized spacial score (nSPS) is 12.0. The van der Waals surface area contributed by atoms with Gasteiger partial charge in [-0.3, -0.25) is 0 Å².